The maximum atomic E-state index is 14.7. The summed E-state index contributed by atoms with van der Waals surface area (Å²) in [5, 5.41) is 0. The second kappa shape index (κ2) is 8.40. The number of nitrogens with two attached hydrogens (primary N) is 1. The Kier molecular flexibility index (Phi) is 6.08. The molecule has 30 heavy (non-hydrogen) atoms. The number of carbonyl (C=O) groups excluding carboxylic acids is 3. The van der Waals surface area contributed by atoms with Gasteiger partial charge in [0, 0.05) is 18.7 Å². The molecule has 1 aromatic carbocycles. The Morgan fingerprint density at radius 2 is 2.10 bits per heavy atom. The van der Waals surface area contributed by atoms with Crippen molar-refractivity contribution in [3.8, 4) is 0 Å². The van der Waals surface area contributed by atoms with Gasteiger partial charge in [-0.15, -0.1) is 0 Å². The second-order valence-electron chi connectivity index (χ2n) is 6.96. The van der Waals surface area contributed by atoms with Crippen molar-refractivity contribution >= 4 is 39.2 Å². The van der Waals surface area contributed by atoms with Crippen LogP contribution >= 0.6 is 0 Å². The van der Waals surface area contributed by atoms with Gasteiger partial charge in [0.05, 0.1) is 25.0 Å². The van der Waals surface area contributed by atoms with Gasteiger partial charge in [0.25, 0.3) is 5.91 Å². The minimum atomic E-state index is -3.47. The number of carbonyl (C=O) groups is 3. The molecular weight excluding hydrogens is 419 g/mol. The lowest BCUT2D eigenvalue weighted by atomic mass is 9.98. The highest BCUT2D eigenvalue weighted by molar-refractivity contribution is 7.88. The van der Waals surface area contributed by atoms with E-state index in [9.17, 15) is 27.2 Å². The number of hydrogen-bond donors (Lipinski definition) is 2. The molecule has 0 unspecified atom stereocenters. The third-order valence-electron chi connectivity index (χ3n) is 4.79. The van der Waals surface area contributed by atoms with Crippen molar-refractivity contribution in [1.29, 1.82) is 0 Å². The summed E-state index contributed by atoms with van der Waals surface area (Å²) < 4.78 is 43.9. The van der Waals surface area contributed by atoms with E-state index in [-0.39, 0.29) is 31.2 Å². The summed E-state index contributed by atoms with van der Waals surface area (Å²) in [5.41, 5.74) is 6.40. The van der Waals surface area contributed by atoms with E-state index < -0.39 is 33.9 Å². The number of sulfonamides is 1. The van der Waals surface area contributed by atoms with Crippen LogP contribution in [0.15, 0.2) is 24.3 Å². The van der Waals surface area contributed by atoms with Crippen LogP contribution in [0.2, 0.25) is 0 Å². The van der Waals surface area contributed by atoms with Crippen molar-refractivity contribution in [2.45, 2.75) is 12.5 Å². The standard InChI is InChI=1S/C18H21FN4O6S/c1-30(27,28)21-9-16(24)22-6-4-11(5-7-22)13-3-2-12(8-14(13)19)23-10-15(17(20)25)29-18(23)26/h2-4,8,15,21H,5-7,9-10H2,1H3,(H2,20,25)/t15-/m1/s1. The van der Waals surface area contributed by atoms with E-state index in [2.05, 4.69) is 4.72 Å². The van der Waals surface area contributed by atoms with E-state index >= 15 is 0 Å². The summed E-state index contributed by atoms with van der Waals surface area (Å²) in [6, 6.07) is 4.23. The number of halogens is 1. The van der Waals surface area contributed by atoms with Crippen molar-refractivity contribution < 1.29 is 31.9 Å². The molecule has 162 valence electrons. The maximum absolute atomic E-state index is 14.7. The number of amides is 3. The number of benzene rings is 1. The van der Waals surface area contributed by atoms with Gasteiger partial charge in [-0.2, -0.15) is 0 Å². The van der Waals surface area contributed by atoms with Crippen LogP contribution < -0.4 is 15.4 Å². The van der Waals surface area contributed by atoms with E-state index in [1.807, 2.05) is 0 Å². The van der Waals surface area contributed by atoms with E-state index in [1.165, 1.54) is 23.1 Å². The molecule has 10 nitrogen and oxygen atoms in total. The summed E-state index contributed by atoms with van der Waals surface area (Å²) in [5.74, 6) is -1.71. The summed E-state index contributed by atoms with van der Waals surface area (Å²) in [6.45, 7) is 0.118. The Hall–Kier alpha value is -2.99. The molecule has 2 aliphatic heterocycles. The van der Waals surface area contributed by atoms with E-state index in [4.69, 9.17) is 10.5 Å². The Balaban J connectivity index is 1.68. The molecule has 0 saturated carbocycles. The van der Waals surface area contributed by atoms with Gasteiger partial charge in [-0.3, -0.25) is 14.5 Å². The molecule has 1 aromatic rings. The lowest BCUT2D eigenvalue weighted by Crippen LogP contribution is -2.41. The Labute approximate surface area is 172 Å². The fourth-order valence-corrected chi connectivity index (χ4v) is 3.58. The van der Waals surface area contributed by atoms with E-state index in [1.54, 1.807) is 6.08 Å². The number of ether oxygens (including phenoxy) is 1. The minimum Gasteiger partial charge on any atom is -0.434 e. The van der Waals surface area contributed by atoms with Crippen LogP contribution in [-0.2, 0) is 24.3 Å². The molecule has 3 amide bonds. The van der Waals surface area contributed by atoms with Gasteiger partial charge in [-0.1, -0.05) is 6.08 Å². The Morgan fingerprint density at radius 3 is 2.63 bits per heavy atom. The molecule has 3 rings (SSSR count). The molecular formula is C18H21FN4O6S. The largest absolute Gasteiger partial charge is 0.434 e. The van der Waals surface area contributed by atoms with Crippen LogP contribution in [-0.4, -0.2) is 69.8 Å². The normalized spacial score (nSPS) is 19.5. The van der Waals surface area contributed by atoms with Crippen molar-refractivity contribution in [3.05, 3.63) is 35.7 Å². The van der Waals surface area contributed by atoms with Crippen molar-refractivity contribution in [1.82, 2.24) is 9.62 Å². The van der Waals surface area contributed by atoms with Gasteiger partial charge >= 0.3 is 6.09 Å². The van der Waals surface area contributed by atoms with E-state index in [0.717, 1.165) is 11.2 Å². The first-order chi connectivity index (χ1) is 14.0. The molecule has 1 atom stereocenters. The first-order valence-electron chi connectivity index (χ1n) is 9.04. The first-order valence-corrected chi connectivity index (χ1v) is 10.9. The predicted octanol–water partition coefficient (Wildman–Crippen LogP) is -0.199. The monoisotopic (exact) mass is 440 g/mol. The smallest absolute Gasteiger partial charge is 0.415 e. The third kappa shape index (κ3) is 4.94. The summed E-state index contributed by atoms with van der Waals surface area (Å²) >= 11 is 0. The van der Waals surface area contributed by atoms with Gasteiger partial charge in [0.2, 0.25) is 15.9 Å². The predicted molar refractivity (Wildman–Crippen MR) is 105 cm³/mol. The molecule has 2 aliphatic rings. The zero-order valence-electron chi connectivity index (χ0n) is 16.1. The molecule has 1 fully saturated rings. The Bertz CT molecular complexity index is 1030. The number of nitrogens with zero attached hydrogens (tertiary/aromatic N) is 2. The molecule has 0 bridgehead atoms. The van der Waals surface area contributed by atoms with Crippen LogP contribution in [0.5, 0.6) is 0 Å². The van der Waals surface area contributed by atoms with Crippen LogP contribution in [0.3, 0.4) is 0 Å². The second-order valence-corrected chi connectivity index (χ2v) is 8.79. The van der Waals surface area contributed by atoms with Crippen LogP contribution in [0, 0.1) is 5.82 Å². The van der Waals surface area contributed by atoms with Gasteiger partial charge < -0.3 is 15.4 Å². The molecule has 1 saturated heterocycles. The average Bonchev–Trinajstić information content (AvgIpc) is 3.08. The lowest BCUT2D eigenvalue weighted by molar-refractivity contribution is -0.129. The van der Waals surface area contributed by atoms with Gasteiger partial charge in [-0.25, -0.2) is 22.3 Å². The molecule has 3 N–H and O–H groups in total. The zero-order chi connectivity index (χ0) is 22.1. The highest BCUT2D eigenvalue weighted by Gasteiger charge is 2.36. The number of primary amides is 1. The fourth-order valence-electron chi connectivity index (χ4n) is 3.20. The third-order valence-corrected chi connectivity index (χ3v) is 5.46. The highest BCUT2D eigenvalue weighted by Crippen LogP contribution is 2.29. The maximum Gasteiger partial charge on any atom is 0.415 e. The fraction of sp³-hybridized carbons (Fsp3) is 0.389. The summed E-state index contributed by atoms with van der Waals surface area (Å²) in [4.78, 5) is 37.7. The molecule has 0 radical (unpaired) electrons. The molecule has 0 spiro atoms. The minimum absolute atomic E-state index is 0.0891. The van der Waals surface area contributed by atoms with Gasteiger partial charge in [0.1, 0.15) is 5.82 Å². The van der Waals surface area contributed by atoms with Crippen LogP contribution in [0.25, 0.3) is 5.57 Å². The summed E-state index contributed by atoms with van der Waals surface area (Å²) in [6.07, 6.45) is 1.20. The molecule has 12 heteroatoms. The first kappa shape index (κ1) is 21.7. The average molecular weight is 440 g/mol. The van der Waals surface area contributed by atoms with Crippen molar-refractivity contribution in [2.24, 2.45) is 5.73 Å². The van der Waals surface area contributed by atoms with E-state index in [0.29, 0.717) is 24.1 Å². The topological polar surface area (TPSA) is 139 Å². The quantitative estimate of drug-likeness (QED) is 0.628. The highest BCUT2D eigenvalue weighted by atomic mass is 32.2. The molecule has 0 aliphatic carbocycles. The van der Waals surface area contributed by atoms with Crippen molar-refractivity contribution in [2.75, 3.05) is 37.3 Å². The van der Waals surface area contributed by atoms with Crippen molar-refractivity contribution in [3.63, 3.8) is 0 Å². The van der Waals surface area contributed by atoms with Gasteiger partial charge in [0.15, 0.2) is 6.10 Å². The SMILES string of the molecule is CS(=O)(=O)NCC(=O)N1CC=C(c2ccc(N3C[C@H](C(N)=O)OC3=O)cc2F)CC1. The van der Waals surface area contributed by atoms with Gasteiger partial charge in [-0.05, 0) is 30.2 Å². The zero-order valence-corrected chi connectivity index (χ0v) is 16.9. The molecule has 0 aromatic heterocycles. The number of hydrogen-bond acceptors (Lipinski definition) is 6. The van der Waals surface area contributed by atoms with Crippen LogP contribution in [0.4, 0.5) is 14.9 Å². The summed E-state index contributed by atoms with van der Waals surface area (Å²) in [7, 11) is -3.47. The van der Waals surface area contributed by atoms with Crippen LogP contribution in [0.1, 0.15) is 12.0 Å². The number of anilines is 1. The Morgan fingerprint density at radius 1 is 1.37 bits per heavy atom. The molecule has 2 heterocycles. The number of cyclic esters (lactones) is 1. The number of rotatable bonds is 6. The lowest BCUT2D eigenvalue weighted by Gasteiger charge is -2.27. The number of nitrogens with one attached hydrogen (secondary N) is 1.